The van der Waals surface area contributed by atoms with Crippen molar-refractivity contribution >= 4 is 33.2 Å². The molecule has 0 spiro atoms. The van der Waals surface area contributed by atoms with Crippen LogP contribution >= 0.6 is 27.3 Å². The van der Waals surface area contributed by atoms with Crippen molar-refractivity contribution in [2.24, 2.45) is 0 Å². The van der Waals surface area contributed by atoms with Gasteiger partial charge in [-0.1, -0.05) is 0 Å². The second kappa shape index (κ2) is 8.01. The summed E-state index contributed by atoms with van der Waals surface area (Å²) in [6, 6.07) is 7.34. The second-order valence-corrected chi connectivity index (χ2v) is 7.50. The molecule has 136 valence electrons. The zero-order chi connectivity index (χ0) is 18.7. The van der Waals surface area contributed by atoms with Gasteiger partial charge in [0.15, 0.2) is 0 Å². The zero-order valence-electron chi connectivity index (χ0n) is 14.7. The average molecular weight is 435 g/mol. The number of thiazole rings is 1. The summed E-state index contributed by atoms with van der Waals surface area (Å²) >= 11 is 4.94. The number of aryl methyl sites for hydroxylation is 2. The number of methoxy groups -OCH3 is 1. The molecule has 0 atom stereocenters. The predicted octanol–water partition coefficient (Wildman–Crippen LogP) is 3.69. The molecule has 0 unspecified atom stereocenters. The molecule has 0 aliphatic carbocycles. The average Bonchev–Trinajstić information content (AvgIpc) is 3.21. The lowest BCUT2D eigenvalue weighted by molar-refractivity contribution is 0.0953. The zero-order valence-corrected chi connectivity index (χ0v) is 17.1. The first-order chi connectivity index (χ1) is 12.5. The van der Waals surface area contributed by atoms with E-state index in [1.807, 2.05) is 30.0 Å². The predicted molar refractivity (Wildman–Crippen MR) is 105 cm³/mol. The lowest BCUT2D eigenvalue weighted by atomic mass is 10.2. The Morgan fingerprint density at radius 2 is 2.15 bits per heavy atom. The molecule has 1 N–H and O–H groups in total. The lowest BCUT2D eigenvalue weighted by Gasteiger charge is -2.08. The third kappa shape index (κ3) is 4.13. The minimum absolute atomic E-state index is 0.148. The number of nitrogens with zero attached hydrogens (tertiary/aromatic N) is 3. The van der Waals surface area contributed by atoms with E-state index in [0.29, 0.717) is 24.3 Å². The monoisotopic (exact) mass is 434 g/mol. The largest absolute Gasteiger partial charge is 0.497 e. The Labute approximate surface area is 164 Å². The van der Waals surface area contributed by atoms with Crippen LogP contribution in [0.5, 0.6) is 5.75 Å². The van der Waals surface area contributed by atoms with Crippen LogP contribution in [0.15, 0.2) is 34.1 Å². The number of nitrogens with one attached hydrogen (secondary N) is 1. The van der Waals surface area contributed by atoms with Crippen molar-refractivity contribution in [2.75, 3.05) is 13.7 Å². The van der Waals surface area contributed by atoms with Gasteiger partial charge in [0.05, 0.1) is 24.1 Å². The van der Waals surface area contributed by atoms with Gasteiger partial charge >= 0.3 is 0 Å². The van der Waals surface area contributed by atoms with Gasteiger partial charge < -0.3 is 10.1 Å². The maximum Gasteiger partial charge on any atom is 0.252 e. The SMILES string of the molecule is COc1ccc(Br)c(C(=O)NCCc2csc(-n3nc(C)cc3C)n2)c1. The van der Waals surface area contributed by atoms with Gasteiger partial charge in [-0.05, 0) is 54.0 Å². The topological polar surface area (TPSA) is 69.0 Å². The van der Waals surface area contributed by atoms with Gasteiger partial charge in [0.1, 0.15) is 5.75 Å². The van der Waals surface area contributed by atoms with E-state index in [1.165, 1.54) is 0 Å². The molecule has 3 rings (SSSR count). The van der Waals surface area contributed by atoms with Crippen LogP contribution in [0.4, 0.5) is 0 Å². The first kappa shape index (κ1) is 18.6. The van der Waals surface area contributed by atoms with E-state index in [1.54, 1.807) is 36.6 Å². The number of halogens is 1. The van der Waals surface area contributed by atoms with Crippen molar-refractivity contribution in [1.29, 1.82) is 0 Å². The first-order valence-corrected chi connectivity index (χ1v) is 9.75. The third-order valence-electron chi connectivity index (χ3n) is 3.82. The Morgan fingerprint density at radius 3 is 2.85 bits per heavy atom. The molecule has 0 saturated carbocycles. The number of ether oxygens (including phenoxy) is 1. The molecule has 6 nitrogen and oxygen atoms in total. The van der Waals surface area contributed by atoms with Crippen molar-refractivity contribution < 1.29 is 9.53 Å². The molecular formula is C18H19BrN4O2S. The van der Waals surface area contributed by atoms with Crippen LogP contribution in [0.2, 0.25) is 0 Å². The van der Waals surface area contributed by atoms with Crippen molar-refractivity contribution in [2.45, 2.75) is 20.3 Å². The van der Waals surface area contributed by atoms with Crippen LogP contribution in [0.3, 0.4) is 0 Å². The third-order valence-corrected chi connectivity index (χ3v) is 5.37. The number of hydrogen-bond donors (Lipinski definition) is 1. The molecule has 1 amide bonds. The Kier molecular flexibility index (Phi) is 5.73. The fourth-order valence-corrected chi connectivity index (χ4v) is 3.83. The first-order valence-electron chi connectivity index (χ1n) is 8.07. The molecule has 1 aromatic carbocycles. The van der Waals surface area contributed by atoms with Crippen LogP contribution < -0.4 is 10.1 Å². The summed E-state index contributed by atoms with van der Waals surface area (Å²) < 4.78 is 7.75. The minimum Gasteiger partial charge on any atom is -0.497 e. The highest BCUT2D eigenvalue weighted by Crippen LogP contribution is 2.22. The number of hydrogen-bond acceptors (Lipinski definition) is 5. The quantitative estimate of drug-likeness (QED) is 0.641. The lowest BCUT2D eigenvalue weighted by Crippen LogP contribution is -2.26. The molecule has 0 aliphatic rings. The Bertz CT molecular complexity index is 935. The number of benzene rings is 1. The van der Waals surface area contributed by atoms with Gasteiger partial charge in [-0.15, -0.1) is 11.3 Å². The van der Waals surface area contributed by atoms with Gasteiger partial charge in [-0.25, -0.2) is 9.67 Å². The smallest absolute Gasteiger partial charge is 0.252 e. The summed E-state index contributed by atoms with van der Waals surface area (Å²) in [5.41, 5.74) is 3.50. The number of carbonyl (C=O) groups is 1. The molecule has 0 fully saturated rings. The molecule has 0 aliphatic heterocycles. The van der Waals surface area contributed by atoms with E-state index in [2.05, 4.69) is 31.3 Å². The summed E-state index contributed by atoms with van der Waals surface area (Å²) in [5, 5.41) is 10.2. The Hall–Kier alpha value is -2.19. The highest BCUT2D eigenvalue weighted by atomic mass is 79.9. The van der Waals surface area contributed by atoms with Gasteiger partial charge in [-0.2, -0.15) is 5.10 Å². The van der Waals surface area contributed by atoms with Gasteiger partial charge in [0.2, 0.25) is 5.13 Å². The minimum atomic E-state index is -0.148. The second-order valence-electron chi connectivity index (χ2n) is 5.81. The Balaban J connectivity index is 1.60. The molecule has 0 saturated heterocycles. The highest BCUT2D eigenvalue weighted by Gasteiger charge is 2.12. The molecule has 0 bridgehead atoms. The highest BCUT2D eigenvalue weighted by molar-refractivity contribution is 9.10. The van der Waals surface area contributed by atoms with Crippen LogP contribution in [-0.2, 0) is 6.42 Å². The van der Waals surface area contributed by atoms with Crippen molar-refractivity contribution in [3.63, 3.8) is 0 Å². The summed E-state index contributed by atoms with van der Waals surface area (Å²) in [7, 11) is 1.58. The summed E-state index contributed by atoms with van der Waals surface area (Å²) in [6.45, 7) is 4.47. The van der Waals surface area contributed by atoms with E-state index >= 15 is 0 Å². The summed E-state index contributed by atoms with van der Waals surface area (Å²) in [6.07, 6.45) is 0.656. The molecular weight excluding hydrogens is 416 g/mol. The number of carbonyl (C=O) groups excluding carboxylic acids is 1. The van der Waals surface area contributed by atoms with Crippen molar-refractivity contribution in [3.05, 3.63) is 56.8 Å². The van der Waals surface area contributed by atoms with Crippen molar-refractivity contribution in [3.8, 4) is 10.9 Å². The fraction of sp³-hybridized carbons (Fsp3) is 0.278. The van der Waals surface area contributed by atoms with E-state index in [-0.39, 0.29) is 5.91 Å². The molecule has 8 heteroatoms. The maximum absolute atomic E-state index is 12.4. The van der Waals surface area contributed by atoms with Crippen molar-refractivity contribution in [1.82, 2.24) is 20.1 Å². The van der Waals surface area contributed by atoms with Gasteiger partial charge in [-0.3, -0.25) is 4.79 Å². The normalized spacial score (nSPS) is 10.8. The van der Waals surface area contributed by atoms with E-state index in [0.717, 1.165) is 26.7 Å². The maximum atomic E-state index is 12.4. The number of amides is 1. The molecule has 0 radical (unpaired) electrons. The van der Waals surface area contributed by atoms with Gasteiger partial charge in [0, 0.05) is 28.5 Å². The van der Waals surface area contributed by atoms with E-state index in [4.69, 9.17) is 4.74 Å². The molecule has 2 aromatic heterocycles. The molecule has 2 heterocycles. The standard InChI is InChI=1S/C18H19BrN4O2S/c1-11-8-12(2)23(22-11)18-21-13(10-26-18)6-7-20-17(24)15-9-14(25-3)4-5-16(15)19/h4-5,8-10H,6-7H2,1-3H3,(H,20,24). The summed E-state index contributed by atoms with van der Waals surface area (Å²) in [5.74, 6) is 0.497. The van der Waals surface area contributed by atoms with Gasteiger partial charge in [0.25, 0.3) is 5.91 Å². The van der Waals surface area contributed by atoms with E-state index in [9.17, 15) is 4.79 Å². The number of aromatic nitrogens is 3. The summed E-state index contributed by atoms with van der Waals surface area (Å²) in [4.78, 5) is 17.0. The molecule has 3 aromatic rings. The van der Waals surface area contributed by atoms with Crippen LogP contribution in [-0.4, -0.2) is 34.3 Å². The fourth-order valence-electron chi connectivity index (χ4n) is 2.54. The Morgan fingerprint density at radius 1 is 1.35 bits per heavy atom. The molecule has 26 heavy (non-hydrogen) atoms. The van der Waals surface area contributed by atoms with E-state index < -0.39 is 0 Å². The van der Waals surface area contributed by atoms with Crippen LogP contribution in [0, 0.1) is 13.8 Å². The van der Waals surface area contributed by atoms with Crippen LogP contribution in [0.1, 0.15) is 27.4 Å². The van der Waals surface area contributed by atoms with Crippen LogP contribution in [0.25, 0.3) is 5.13 Å². The number of rotatable bonds is 6.